The maximum absolute atomic E-state index is 13.0. The largest absolute Gasteiger partial charge is 0.368 e. The summed E-state index contributed by atoms with van der Waals surface area (Å²) in [6.45, 7) is 0. The number of benzene rings is 2. The predicted molar refractivity (Wildman–Crippen MR) is 121 cm³/mol. The zero-order valence-corrected chi connectivity index (χ0v) is 16.8. The minimum Gasteiger partial charge on any atom is -0.368 e. The standard InChI is InChI=1S/C24H17N7O/c25-24-27-11-9-18(30-24)23(32)31-21-14-5-2-1-4-13(14)20-15(21)6-3-7-16(20)22-28-17-8-10-26-12-19(17)29-22/h1-12,21H,(H,28,29)(H,31,32)(H2,25,27,30)/t21-/m1/s1. The second-order valence-corrected chi connectivity index (χ2v) is 7.54. The van der Waals surface area contributed by atoms with Crippen molar-refractivity contribution in [3.8, 4) is 22.5 Å². The van der Waals surface area contributed by atoms with E-state index in [2.05, 4.69) is 31.3 Å². The lowest BCUT2D eigenvalue weighted by atomic mass is 9.99. The third kappa shape index (κ3) is 2.81. The second kappa shape index (κ2) is 6.98. The summed E-state index contributed by atoms with van der Waals surface area (Å²) in [7, 11) is 0. The van der Waals surface area contributed by atoms with Crippen LogP contribution in [0.3, 0.4) is 0 Å². The van der Waals surface area contributed by atoms with Crippen LogP contribution in [-0.4, -0.2) is 30.8 Å². The number of hydrogen-bond donors (Lipinski definition) is 3. The van der Waals surface area contributed by atoms with E-state index in [1.165, 1.54) is 6.20 Å². The van der Waals surface area contributed by atoms with Crippen LogP contribution < -0.4 is 11.1 Å². The van der Waals surface area contributed by atoms with Crippen LogP contribution in [0.4, 0.5) is 5.95 Å². The number of carbonyl (C=O) groups excluding carboxylic acids is 1. The van der Waals surface area contributed by atoms with Gasteiger partial charge in [0.05, 0.1) is 23.3 Å². The van der Waals surface area contributed by atoms with E-state index >= 15 is 0 Å². The lowest BCUT2D eigenvalue weighted by molar-refractivity contribution is 0.0938. The minimum atomic E-state index is -0.323. The zero-order chi connectivity index (χ0) is 21.7. The molecule has 32 heavy (non-hydrogen) atoms. The molecule has 0 saturated heterocycles. The molecular weight excluding hydrogens is 402 g/mol. The number of hydrogen-bond acceptors (Lipinski definition) is 6. The van der Waals surface area contributed by atoms with Crippen LogP contribution in [0.2, 0.25) is 0 Å². The van der Waals surface area contributed by atoms with Crippen molar-refractivity contribution in [1.82, 2.24) is 30.2 Å². The number of pyridine rings is 1. The Labute approximate surface area is 182 Å². The van der Waals surface area contributed by atoms with Crippen LogP contribution in [0.15, 0.2) is 73.2 Å². The third-order valence-electron chi connectivity index (χ3n) is 5.67. The van der Waals surface area contributed by atoms with E-state index < -0.39 is 0 Å². The first-order chi connectivity index (χ1) is 15.7. The lowest BCUT2D eigenvalue weighted by Crippen LogP contribution is -2.29. The molecule has 154 valence electrons. The number of aromatic nitrogens is 5. The lowest BCUT2D eigenvalue weighted by Gasteiger charge is -2.16. The van der Waals surface area contributed by atoms with Gasteiger partial charge in [-0.25, -0.2) is 15.0 Å². The number of fused-ring (bicyclic) bond motifs is 4. The molecule has 0 unspecified atom stereocenters. The van der Waals surface area contributed by atoms with Crippen molar-refractivity contribution in [2.75, 3.05) is 5.73 Å². The summed E-state index contributed by atoms with van der Waals surface area (Å²) in [6.07, 6.45) is 4.96. The topological polar surface area (TPSA) is 122 Å². The number of nitrogens with zero attached hydrogens (tertiary/aromatic N) is 4. The van der Waals surface area contributed by atoms with Crippen molar-refractivity contribution in [3.63, 3.8) is 0 Å². The van der Waals surface area contributed by atoms with E-state index in [9.17, 15) is 4.79 Å². The normalized spacial score (nSPS) is 14.2. The van der Waals surface area contributed by atoms with Crippen LogP contribution in [-0.2, 0) is 0 Å². The summed E-state index contributed by atoms with van der Waals surface area (Å²) in [5.74, 6) is 0.508. The van der Waals surface area contributed by atoms with E-state index in [1.807, 2.05) is 42.5 Å². The summed E-state index contributed by atoms with van der Waals surface area (Å²) >= 11 is 0. The fraction of sp³-hybridized carbons (Fsp3) is 0.0417. The van der Waals surface area contributed by atoms with Gasteiger partial charge >= 0.3 is 0 Å². The monoisotopic (exact) mass is 419 g/mol. The summed E-state index contributed by atoms with van der Waals surface area (Å²) in [4.78, 5) is 33.2. The number of carbonyl (C=O) groups is 1. The molecule has 2 aromatic carbocycles. The first-order valence-electron chi connectivity index (χ1n) is 10.1. The molecule has 5 aromatic rings. The van der Waals surface area contributed by atoms with Gasteiger partial charge in [-0.2, -0.15) is 0 Å². The maximum atomic E-state index is 13.0. The molecule has 3 aromatic heterocycles. The number of nitrogens with two attached hydrogens (primary N) is 1. The fourth-order valence-corrected chi connectivity index (χ4v) is 4.30. The number of rotatable bonds is 3. The molecule has 0 fully saturated rings. The Morgan fingerprint density at radius 2 is 1.78 bits per heavy atom. The highest BCUT2D eigenvalue weighted by Crippen LogP contribution is 2.47. The number of nitrogens with one attached hydrogen (secondary N) is 2. The third-order valence-corrected chi connectivity index (χ3v) is 5.67. The Kier molecular flexibility index (Phi) is 3.97. The molecule has 0 radical (unpaired) electrons. The van der Waals surface area contributed by atoms with Crippen molar-refractivity contribution >= 4 is 22.9 Å². The quantitative estimate of drug-likeness (QED) is 0.411. The van der Waals surface area contributed by atoms with E-state index in [4.69, 9.17) is 10.7 Å². The Morgan fingerprint density at radius 3 is 2.66 bits per heavy atom. The van der Waals surface area contributed by atoms with Gasteiger partial charge in [-0.3, -0.25) is 9.78 Å². The highest BCUT2D eigenvalue weighted by molar-refractivity contribution is 5.96. The second-order valence-electron chi connectivity index (χ2n) is 7.54. The number of H-pyrrole nitrogens is 1. The highest BCUT2D eigenvalue weighted by atomic mass is 16.1. The van der Waals surface area contributed by atoms with Crippen LogP contribution >= 0.6 is 0 Å². The minimum absolute atomic E-state index is 0.0616. The Balaban J connectivity index is 1.48. The molecular formula is C24H17N7O. The number of aromatic amines is 1. The Morgan fingerprint density at radius 1 is 0.938 bits per heavy atom. The fourth-order valence-electron chi connectivity index (χ4n) is 4.30. The zero-order valence-electron chi connectivity index (χ0n) is 16.8. The average Bonchev–Trinajstić information content (AvgIpc) is 3.39. The SMILES string of the molecule is Nc1nccc(C(=O)N[C@@H]2c3ccccc3-c3c(-c4nc5ccncc5[nH]4)cccc32)n1. The van der Waals surface area contributed by atoms with Crippen LogP contribution in [0.25, 0.3) is 33.5 Å². The summed E-state index contributed by atoms with van der Waals surface area (Å²) in [5, 5.41) is 3.11. The molecule has 0 bridgehead atoms. The number of nitrogen functional groups attached to an aromatic ring is 1. The van der Waals surface area contributed by atoms with Crippen molar-refractivity contribution in [2.45, 2.75) is 6.04 Å². The molecule has 8 heteroatoms. The molecule has 8 nitrogen and oxygen atoms in total. The van der Waals surface area contributed by atoms with Gasteiger partial charge in [0.2, 0.25) is 5.95 Å². The molecule has 6 rings (SSSR count). The molecule has 1 atom stereocenters. The van der Waals surface area contributed by atoms with Gasteiger partial charge in [-0.15, -0.1) is 0 Å². The van der Waals surface area contributed by atoms with Gasteiger partial charge in [0.1, 0.15) is 11.5 Å². The molecule has 1 aliphatic carbocycles. The summed E-state index contributed by atoms with van der Waals surface area (Å²) in [6, 6.07) is 17.2. The number of imidazole rings is 1. The molecule has 3 heterocycles. The van der Waals surface area contributed by atoms with Crippen LogP contribution in [0, 0.1) is 0 Å². The Bertz CT molecular complexity index is 1470. The molecule has 0 aliphatic heterocycles. The molecule has 1 aliphatic rings. The van der Waals surface area contributed by atoms with Crippen molar-refractivity contribution in [1.29, 1.82) is 0 Å². The number of amides is 1. The van der Waals surface area contributed by atoms with E-state index in [1.54, 1.807) is 18.5 Å². The average molecular weight is 419 g/mol. The van der Waals surface area contributed by atoms with E-state index in [0.29, 0.717) is 0 Å². The predicted octanol–water partition coefficient (Wildman–Crippen LogP) is 3.50. The van der Waals surface area contributed by atoms with Crippen LogP contribution in [0.1, 0.15) is 27.7 Å². The number of anilines is 1. The van der Waals surface area contributed by atoms with Gasteiger partial charge in [-0.05, 0) is 34.4 Å². The van der Waals surface area contributed by atoms with E-state index in [-0.39, 0.29) is 23.6 Å². The molecule has 0 spiro atoms. The summed E-state index contributed by atoms with van der Waals surface area (Å²) < 4.78 is 0. The van der Waals surface area contributed by atoms with Gasteiger partial charge < -0.3 is 16.0 Å². The van der Waals surface area contributed by atoms with Crippen LogP contribution in [0.5, 0.6) is 0 Å². The smallest absolute Gasteiger partial charge is 0.270 e. The Hall–Kier alpha value is -4.59. The molecule has 1 amide bonds. The van der Waals surface area contributed by atoms with Gasteiger partial charge in [0.25, 0.3) is 5.91 Å². The van der Waals surface area contributed by atoms with Crippen molar-refractivity contribution in [2.24, 2.45) is 0 Å². The highest BCUT2D eigenvalue weighted by Gasteiger charge is 2.32. The van der Waals surface area contributed by atoms with Crippen molar-refractivity contribution in [3.05, 3.63) is 90.0 Å². The van der Waals surface area contributed by atoms with Crippen molar-refractivity contribution < 1.29 is 4.79 Å². The first kappa shape index (κ1) is 18.2. The molecule has 0 saturated carbocycles. The van der Waals surface area contributed by atoms with Gasteiger partial charge in [-0.1, -0.05) is 42.5 Å². The van der Waals surface area contributed by atoms with Gasteiger partial charge in [0, 0.05) is 18.0 Å². The van der Waals surface area contributed by atoms with E-state index in [0.717, 1.165) is 44.7 Å². The maximum Gasteiger partial charge on any atom is 0.270 e. The van der Waals surface area contributed by atoms with Gasteiger partial charge in [0.15, 0.2) is 0 Å². The summed E-state index contributed by atoms with van der Waals surface area (Å²) in [5.41, 5.74) is 12.7. The molecule has 4 N–H and O–H groups in total. The first-order valence-corrected chi connectivity index (χ1v) is 10.1.